The van der Waals surface area contributed by atoms with E-state index in [9.17, 15) is 8.42 Å². The summed E-state index contributed by atoms with van der Waals surface area (Å²) in [5, 5.41) is 3.91. The Kier molecular flexibility index (Phi) is 3.98. The highest BCUT2D eigenvalue weighted by molar-refractivity contribution is 7.89. The average Bonchev–Trinajstić information content (AvgIpc) is 2.97. The number of aryl methyl sites for hydroxylation is 1. The van der Waals surface area contributed by atoms with Crippen LogP contribution in [-0.2, 0) is 23.1 Å². The maximum atomic E-state index is 12.0. The van der Waals surface area contributed by atoms with E-state index in [2.05, 4.69) is 14.8 Å². The fraction of sp³-hybridized carbons (Fsp3) is 0.400. The van der Waals surface area contributed by atoms with Crippen LogP contribution < -0.4 is 10.5 Å². The molecule has 2 aromatic rings. The second kappa shape index (κ2) is 5.51. The monoisotopic (exact) mass is 285 g/mol. The fourth-order valence-corrected chi connectivity index (χ4v) is 2.39. The highest BCUT2D eigenvalue weighted by Gasteiger charge is 2.17. The van der Waals surface area contributed by atoms with E-state index in [1.165, 1.54) is 23.3 Å². The molecule has 0 spiro atoms. The number of nitrogens with one attached hydrogen (secondary N) is 1. The molecule has 0 fully saturated rings. The largest absolute Gasteiger partial charge is 0.445 e. The van der Waals surface area contributed by atoms with Gasteiger partial charge >= 0.3 is 0 Å². The number of hydrogen-bond donors (Lipinski definition) is 2. The van der Waals surface area contributed by atoms with E-state index >= 15 is 0 Å². The molecule has 0 atom stereocenters. The minimum Gasteiger partial charge on any atom is -0.445 e. The fourth-order valence-electron chi connectivity index (χ4n) is 1.46. The molecule has 2 aromatic heterocycles. The van der Waals surface area contributed by atoms with Crippen molar-refractivity contribution in [2.24, 2.45) is 5.73 Å². The van der Waals surface area contributed by atoms with Gasteiger partial charge in [-0.15, -0.1) is 0 Å². The van der Waals surface area contributed by atoms with E-state index in [0.717, 1.165) is 0 Å². The predicted molar refractivity (Wildman–Crippen MR) is 66.5 cm³/mol. The van der Waals surface area contributed by atoms with Gasteiger partial charge in [0.05, 0.1) is 25.5 Å². The van der Waals surface area contributed by atoms with E-state index in [1.807, 2.05) is 0 Å². The Morgan fingerprint density at radius 3 is 2.89 bits per heavy atom. The molecule has 3 N–H and O–H groups in total. The first-order valence-electron chi connectivity index (χ1n) is 5.65. The van der Waals surface area contributed by atoms with Crippen LogP contribution in [0.2, 0.25) is 0 Å². The van der Waals surface area contributed by atoms with Crippen molar-refractivity contribution >= 4 is 10.0 Å². The lowest BCUT2D eigenvalue weighted by Gasteiger charge is -2.01. The quantitative estimate of drug-likeness (QED) is 0.747. The lowest BCUT2D eigenvalue weighted by molar-refractivity contribution is 0.463. The molecule has 104 valence electrons. The molecule has 0 aliphatic carbocycles. The summed E-state index contributed by atoms with van der Waals surface area (Å²) in [6.45, 7) is 2.60. The van der Waals surface area contributed by atoms with Gasteiger partial charge in [0, 0.05) is 12.7 Å². The Labute approximate surface area is 110 Å². The van der Waals surface area contributed by atoms with Crippen LogP contribution in [0.5, 0.6) is 0 Å². The van der Waals surface area contributed by atoms with Crippen molar-refractivity contribution < 1.29 is 12.8 Å². The molecule has 0 aromatic carbocycles. The van der Waals surface area contributed by atoms with Crippen molar-refractivity contribution in [2.75, 3.05) is 6.54 Å². The Morgan fingerprint density at radius 1 is 1.47 bits per heavy atom. The Hall–Kier alpha value is -1.71. The predicted octanol–water partition coefficient (Wildman–Crippen LogP) is -0.383. The lowest BCUT2D eigenvalue weighted by atomic mass is 10.6. The van der Waals surface area contributed by atoms with Gasteiger partial charge in [-0.25, -0.2) is 18.1 Å². The second-order valence-electron chi connectivity index (χ2n) is 3.92. The molecule has 0 aliphatic rings. The van der Waals surface area contributed by atoms with E-state index < -0.39 is 10.0 Å². The van der Waals surface area contributed by atoms with Gasteiger partial charge in [-0.2, -0.15) is 5.10 Å². The summed E-state index contributed by atoms with van der Waals surface area (Å²) in [4.78, 5) is 4.00. The highest BCUT2D eigenvalue weighted by Crippen LogP contribution is 2.08. The molecule has 2 heterocycles. The first-order chi connectivity index (χ1) is 9.01. The molecular weight excluding hydrogens is 270 g/mol. The van der Waals surface area contributed by atoms with Crippen molar-refractivity contribution in [1.82, 2.24) is 19.5 Å². The zero-order valence-electron chi connectivity index (χ0n) is 10.4. The SMILES string of the molecule is Cc1cnc(CNS(=O)(=O)c2cnn(CCN)c2)o1. The first-order valence-corrected chi connectivity index (χ1v) is 7.13. The highest BCUT2D eigenvalue weighted by atomic mass is 32.2. The van der Waals surface area contributed by atoms with Gasteiger partial charge in [-0.1, -0.05) is 0 Å². The van der Waals surface area contributed by atoms with Crippen molar-refractivity contribution in [3.8, 4) is 0 Å². The smallest absolute Gasteiger partial charge is 0.244 e. The van der Waals surface area contributed by atoms with Gasteiger partial charge < -0.3 is 10.2 Å². The minimum atomic E-state index is -3.62. The second-order valence-corrected chi connectivity index (χ2v) is 5.68. The zero-order valence-corrected chi connectivity index (χ0v) is 11.2. The van der Waals surface area contributed by atoms with Gasteiger partial charge in [0.2, 0.25) is 15.9 Å². The Bertz CT molecular complexity index is 646. The van der Waals surface area contributed by atoms with Crippen LogP contribution >= 0.6 is 0 Å². The Morgan fingerprint density at radius 2 is 2.26 bits per heavy atom. The van der Waals surface area contributed by atoms with E-state index in [0.29, 0.717) is 24.7 Å². The van der Waals surface area contributed by atoms with Crippen molar-refractivity contribution in [2.45, 2.75) is 24.9 Å². The summed E-state index contributed by atoms with van der Waals surface area (Å²) in [5.41, 5.74) is 5.37. The molecule has 8 nitrogen and oxygen atoms in total. The number of hydrogen-bond acceptors (Lipinski definition) is 6. The third-order valence-electron chi connectivity index (χ3n) is 2.36. The number of nitrogens with two attached hydrogens (primary N) is 1. The summed E-state index contributed by atoms with van der Waals surface area (Å²) in [6, 6.07) is 0. The standard InChI is InChI=1S/C10H15N5O3S/c1-8-4-12-10(18-8)6-14-19(16,17)9-5-13-15(7-9)3-2-11/h4-5,7,14H,2-3,6,11H2,1H3. The number of oxazole rings is 1. The Balaban J connectivity index is 2.04. The van der Waals surface area contributed by atoms with E-state index in [4.69, 9.17) is 10.2 Å². The van der Waals surface area contributed by atoms with Crippen LogP contribution in [0.3, 0.4) is 0 Å². The summed E-state index contributed by atoms with van der Waals surface area (Å²) >= 11 is 0. The van der Waals surface area contributed by atoms with Crippen molar-refractivity contribution in [1.29, 1.82) is 0 Å². The topological polar surface area (TPSA) is 116 Å². The molecule has 0 saturated carbocycles. The number of sulfonamides is 1. The number of rotatable bonds is 6. The van der Waals surface area contributed by atoms with Gasteiger partial charge in [-0.05, 0) is 6.92 Å². The number of aromatic nitrogens is 3. The van der Waals surface area contributed by atoms with Crippen LogP contribution in [0.25, 0.3) is 0 Å². The summed E-state index contributed by atoms with van der Waals surface area (Å²) < 4.78 is 33.0. The molecule has 0 saturated heterocycles. The minimum absolute atomic E-state index is 0.00174. The maximum absolute atomic E-state index is 12.0. The first kappa shape index (κ1) is 13.7. The van der Waals surface area contributed by atoms with Crippen LogP contribution in [0, 0.1) is 6.92 Å². The van der Waals surface area contributed by atoms with Gasteiger partial charge in [-0.3, -0.25) is 4.68 Å². The third kappa shape index (κ3) is 3.40. The molecule has 2 rings (SSSR count). The normalized spacial score (nSPS) is 11.9. The molecule has 0 unspecified atom stereocenters. The summed E-state index contributed by atoms with van der Waals surface area (Å²) in [6.07, 6.45) is 4.23. The van der Waals surface area contributed by atoms with Crippen LogP contribution in [0.15, 0.2) is 27.9 Å². The summed E-state index contributed by atoms with van der Waals surface area (Å²) in [5.74, 6) is 0.945. The molecule has 0 amide bonds. The molecule has 9 heteroatoms. The van der Waals surface area contributed by atoms with Crippen LogP contribution in [-0.4, -0.2) is 29.7 Å². The zero-order chi connectivity index (χ0) is 13.9. The van der Waals surface area contributed by atoms with Gasteiger partial charge in [0.1, 0.15) is 10.7 Å². The average molecular weight is 285 g/mol. The van der Waals surface area contributed by atoms with Crippen LogP contribution in [0.1, 0.15) is 11.7 Å². The maximum Gasteiger partial charge on any atom is 0.244 e. The molecular formula is C10H15N5O3S. The van der Waals surface area contributed by atoms with Gasteiger partial charge in [0.15, 0.2) is 0 Å². The van der Waals surface area contributed by atoms with E-state index in [-0.39, 0.29) is 11.4 Å². The molecule has 0 bridgehead atoms. The summed E-state index contributed by atoms with van der Waals surface area (Å²) in [7, 11) is -3.62. The third-order valence-corrected chi connectivity index (χ3v) is 3.72. The molecule has 0 radical (unpaired) electrons. The molecule has 19 heavy (non-hydrogen) atoms. The van der Waals surface area contributed by atoms with Gasteiger partial charge in [0.25, 0.3) is 0 Å². The number of nitrogens with zero attached hydrogens (tertiary/aromatic N) is 3. The van der Waals surface area contributed by atoms with E-state index in [1.54, 1.807) is 6.92 Å². The molecule has 0 aliphatic heterocycles. The van der Waals surface area contributed by atoms with Crippen molar-refractivity contribution in [3.05, 3.63) is 30.2 Å². The van der Waals surface area contributed by atoms with Crippen molar-refractivity contribution in [3.63, 3.8) is 0 Å². The lowest BCUT2D eigenvalue weighted by Crippen LogP contribution is -2.23. The van der Waals surface area contributed by atoms with Crippen LogP contribution in [0.4, 0.5) is 0 Å².